The highest BCUT2D eigenvalue weighted by molar-refractivity contribution is 9.10. The van der Waals surface area contributed by atoms with Gasteiger partial charge in [0.05, 0.1) is 6.10 Å². The van der Waals surface area contributed by atoms with Crippen molar-refractivity contribution in [2.75, 3.05) is 0 Å². The molecule has 0 bridgehead atoms. The van der Waals surface area contributed by atoms with E-state index >= 15 is 0 Å². The minimum absolute atomic E-state index is 0.532. The summed E-state index contributed by atoms with van der Waals surface area (Å²) in [6.45, 7) is 1.77. The Morgan fingerprint density at radius 3 is 2.47 bits per heavy atom. The van der Waals surface area contributed by atoms with Crippen LogP contribution in [-0.4, -0.2) is 5.11 Å². The van der Waals surface area contributed by atoms with Gasteiger partial charge in [0.2, 0.25) is 0 Å². The van der Waals surface area contributed by atoms with Crippen LogP contribution in [0.2, 0.25) is 0 Å². The Morgan fingerprint density at radius 1 is 1.05 bits per heavy atom. The third-order valence-electron chi connectivity index (χ3n) is 3.22. The minimum Gasteiger partial charge on any atom is -0.449 e. The summed E-state index contributed by atoms with van der Waals surface area (Å²) in [6.07, 6.45) is -0.532. The van der Waals surface area contributed by atoms with Gasteiger partial charge >= 0.3 is 0 Å². The molecule has 1 heterocycles. The maximum atomic E-state index is 9.95. The zero-order chi connectivity index (χ0) is 13.4. The van der Waals surface area contributed by atoms with Gasteiger partial charge in [-0.25, -0.2) is 0 Å². The Labute approximate surface area is 119 Å². The molecule has 1 aromatic heterocycles. The molecule has 0 radical (unpaired) electrons. The fraction of sp³-hybridized carbons (Fsp3) is 0.125. The lowest BCUT2D eigenvalue weighted by atomic mass is 9.98. The van der Waals surface area contributed by atoms with E-state index in [0.29, 0.717) is 4.67 Å². The zero-order valence-electron chi connectivity index (χ0n) is 10.4. The van der Waals surface area contributed by atoms with Gasteiger partial charge in [-0.15, -0.1) is 0 Å². The topological polar surface area (TPSA) is 33.4 Å². The number of benzene rings is 2. The van der Waals surface area contributed by atoms with Crippen molar-refractivity contribution in [1.29, 1.82) is 0 Å². The standard InChI is InChI=1S/C16H13BrO2/c1-10(18)12-8-5-9-13-15(12)14(16(17)19-13)11-6-3-2-4-7-11/h2-10,18H,1H3. The van der Waals surface area contributed by atoms with Gasteiger partial charge in [-0.1, -0.05) is 42.5 Å². The van der Waals surface area contributed by atoms with Gasteiger partial charge in [-0.05, 0) is 40.0 Å². The second-order valence-corrected chi connectivity index (χ2v) is 5.23. The summed E-state index contributed by atoms with van der Waals surface area (Å²) in [7, 11) is 0. The molecule has 1 unspecified atom stereocenters. The number of aliphatic hydroxyl groups excluding tert-OH is 1. The fourth-order valence-electron chi connectivity index (χ4n) is 2.36. The molecule has 96 valence electrons. The van der Waals surface area contributed by atoms with E-state index in [9.17, 15) is 5.11 Å². The van der Waals surface area contributed by atoms with Crippen LogP contribution in [0.4, 0.5) is 0 Å². The maximum absolute atomic E-state index is 9.95. The molecule has 0 aliphatic carbocycles. The summed E-state index contributed by atoms with van der Waals surface area (Å²) < 4.78 is 6.45. The SMILES string of the molecule is CC(O)c1cccc2oc(Br)c(-c3ccccc3)c12. The van der Waals surface area contributed by atoms with Crippen molar-refractivity contribution in [2.45, 2.75) is 13.0 Å². The molecule has 0 fully saturated rings. The van der Waals surface area contributed by atoms with Crippen LogP contribution >= 0.6 is 15.9 Å². The van der Waals surface area contributed by atoms with Crippen LogP contribution in [0.1, 0.15) is 18.6 Å². The molecular formula is C16H13BrO2. The van der Waals surface area contributed by atoms with Gasteiger partial charge in [0.15, 0.2) is 4.67 Å². The lowest BCUT2D eigenvalue weighted by Gasteiger charge is -2.08. The van der Waals surface area contributed by atoms with E-state index < -0.39 is 6.10 Å². The molecule has 3 aromatic rings. The van der Waals surface area contributed by atoms with E-state index in [4.69, 9.17) is 4.42 Å². The summed E-state index contributed by atoms with van der Waals surface area (Å²) in [5, 5.41) is 10.9. The van der Waals surface area contributed by atoms with Crippen LogP contribution in [0.5, 0.6) is 0 Å². The highest BCUT2D eigenvalue weighted by Gasteiger charge is 2.18. The molecule has 1 atom stereocenters. The average Bonchev–Trinajstić information content (AvgIpc) is 2.75. The summed E-state index contributed by atoms with van der Waals surface area (Å²) in [5.41, 5.74) is 3.73. The van der Waals surface area contributed by atoms with Gasteiger partial charge in [-0.3, -0.25) is 0 Å². The molecule has 19 heavy (non-hydrogen) atoms. The first-order valence-corrected chi connectivity index (χ1v) is 6.92. The molecule has 2 aromatic carbocycles. The molecule has 0 spiro atoms. The number of fused-ring (bicyclic) bond motifs is 1. The van der Waals surface area contributed by atoms with E-state index in [1.54, 1.807) is 6.92 Å². The first-order valence-electron chi connectivity index (χ1n) is 6.13. The molecule has 1 N–H and O–H groups in total. The monoisotopic (exact) mass is 316 g/mol. The Kier molecular flexibility index (Phi) is 3.17. The lowest BCUT2D eigenvalue weighted by molar-refractivity contribution is 0.201. The van der Waals surface area contributed by atoms with Crippen molar-refractivity contribution in [1.82, 2.24) is 0 Å². The fourth-order valence-corrected chi connectivity index (χ4v) is 2.96. The summed E-state index contributed by atoms with van der Waals surface area (Å²) in [4.78, 5) is 0. The predicted molar refractivity (Wildman–Crippen MR) is 80.0 cm³/mol. The van der Waals surface area contributed by atoms with Gasteiger partial charge in [0.25, 0.3) is 0 Å². The van der Waals surface area contributed by atoms with Crippen LogP contribution in [0.25, 0.3) is 22.1 Å². The van der Waals surface area contributed by atoms with Gasteiger partial charge in [-0.2, -0.15) is 0 Å². The van der Waals surface area contributed by atoms with Crippen LogP contribution in [0.15, 0.2) is 57.6 Å². The van der Waals surface area contributed by atoms with Crippen molar-refractivity contribution in [3.63, 3.8) is 0 Å². The third-order valence-corrected chi connectivity index (χ3v) is 3.78. The Balaban J connectivity index is 2.38. The first kappa shape index (κ1) is 12.5. The van der Waals surface area contributed by atoms with E-state index in [1.165, 1.54) is 0 Å². The molecule has 3 heteroatoms. The molecule has 0 aliphatic heterocycles. The predicted octanol–water partition coefficient (Wildman–Crippen LogP) is 4.92. The van der Waals surface area contributed by atoms with Crippen molar-refractivity contribution in [3.05, 3.63) is 58.8 Å². The largest absolute Gasteiger partial charge is 0.449 e. The lowest BCUT2D eigenvalue weighted by Crippen LogP contribution is -1.92. The Bertz CT molecular complexity index is 714. The van der Waals surface area contributed by atoms with Crippen LogP contribution < -0.4 is 0 Å². The smallest absolute Gasteiger partial charge is 0.178 e. The van der Waals surface area contributed by atoms with Crippen molar-refractivity contribution in [3.8, 4) is 11.1 Å². The molecule has 0 saturated carbocycles. The average molecular weight is 317 g/mol. The van der Waals surface area contributed by atoms with Crippen LogP contribution in [0, 0.1) is 0 Å². The van der Waals surface area contributed by atoms with E-state index in [1.807, 2.05) is 48.5 Å². The number of furan rings is 1. The summed E-state index contributed by atoms with van der Waals surface area (Å²) in [5.74, 6) is 0. The number of hydrogen-bond donors (Lipinski definition) is 1. The van der Waals surface area contributed by atoms with Gasteiger partial charge < -0.3 is 9.52 Å². The van der Waals surface area contributed by atoms with Gasteiger partial charge in [0.1, 0.15) is 5.58 Å². The molecule has 3 rings (SSSR count). The number of hydrogen-bond acceptors (Lipinski definition) is 2. The zero-order valence-corrected chi connectivity index (χ0v) is 12.0. The van der Waals surface area contributed by atoms with Crippen LogP contribution in [-0.2, 0) is 0 Å². The highest BCUT2D eigenvalue weighted by Crippen LogP contribution is 2.41. The van der Waals surface area contributed by atoms with E-state index in [0.717, 1.165) is 27.7 Å². The van der Waals surface area contributed by atoms with Gasteiger partial charge in [0, 0.05) is 10.9 Å². The summed E-state index contributed by atoms with van der Waals surface area (Å²) in [6, 6.07) is 15.8. The second-order valence-electron chi connectivity index (χ2n) is 4.51. The normalized spacial score (nSPS) is 12.8. The van der Waals surface area contributed by atoms with E-state index in [2.05, 4.69) is 15.9 Å². The Morgan fingerprint density at radius 2 is 1.79 bits per heavy atom. The molecule has 2 nitrogen and oxygen atoms in total. The highest BCUT2D eigenvalue weighted by atomic mass is 79.9. The number of halogens is 1. The number of aliphatic hydroxyl groups is 1. The van der Waals surface area contributed by atoms with Crippen molar-refractivity contribution >= 4 is 26.9 Å². The second kappa shape index (κ2) is 4.83. The third kappa shape index (κ3) is 2.09. The quantitative estimate of drug-likeness (QED) is 0.728. The Hall–Kier alpha value is -1.58. The number of rotatable bonds is 2. The van der Waals surface area contributed by atoms with Crippen molar-refractivity contribution < 1.29 is 9.52 Å². The van der Waals surface area contributed by atoms with Crippen LogP contribution in [0.3, 0.4) is 0 Å². The molecular weight excluding hydrogens is 304 g/mol. The maximum Gasteiger partial charge on any atom is 0.178 e. The molecule has 0 aliphatic rings. The van der Waals surface area contributed by atoms with E-state index in [-0.39, 0.29) is 0 Å². The first-order chi connectivity index (χ1) is 9.18. The minimum atomic E-state index is -0.532. The molecule has 0 saturated heterocycles. The summed E-state index contributed by atoms with van der Waals surface area (Å²) >= 11 is 3.48. The van der Waals surface area contributed by atoms with Crippen molar-refractivity contribution in [2.24, 2.45) is 0 Å². The molecule has 0 amide bonds.